The molecule has 0 aliphatic heterocycles. The van der Waals surface area contributed by atoms with Gasteiger partial charge >= 0.3 is 0 Å². The molecule has 6 nitrogen and oxygen atoms in total. The van der Waals surface area contributed by atoms with Crippen molar-refractivity contribution in [2.45, 2.75) is 0 Å². The molecule has 13 aromatic rings. The first-order valence-corrected chi connectivity index (χ1v) is 21.8. The van der Waals surface area contributed by atoms with Crippen LogP contribution in [-0.4, -0.2) is 29.1 Å². The molecule has 6 aromatic heterocycles. The lowest BCUT2D eigenvalue weighted by Crippen LogP contribution is -2.00. The SMILES string of the molecule is c1ccc(-c2cc(-c3ccccc3)nc(-n3c4ccccc4c4cc(-c5ccnc(-c6ccc7c8ccccc8n(-c8ccc9sc%10ccncc%10c9c8)c7c6)n5)ccc43)c2)cc1. The molecule has 0 amide bonds. The lowest BCUT2D eigenvalue weighted by Gasteiger charge is -2.13. The fourth-order valence-electron chi connectivity index (χ4n) is 9.36. The molecule has 0 bridgehead atoms. The second-order valence-corrected chi connectivity index (χ2v) is 17.0. The summed E-state index contributed by atoms with van der Waals surface area (Å²) in [6.45, 7) is 0. The molecule has 0 fully saturated rings. The monoisotopic (exact) mass is 822 g/mol. The molecule has 7 heteroatoms. The lowest BCUT2D eigenvalue weighted by atomic mass is 10.0. The molecule has 13 rings (SSSR count). The highest BCUT2D eigenvalue weighted by molar-refractivity contribution is 7.25. The quantitative estimate of drug-likeness (QED) is 0.168. The van der Waals surface area contributed by atoms with Crippen molar-refractivity contribution in [1.82, 2.24) is 29.1 Å². The Morgan fingerprint density at radius 2 is 1.06 bits per heavy atom. The van der Waals surface area contributed by atoms with E-state index < -0.39 is 0 Å². The van der Waals surface area contributed by atoms with Crippen molar-refractivity contribution >= 4 is 75.1 Å². The number of fused-ring (bicyclic) bond motifs is 9. The number of benzene rings is 7. The van der Waals surface area contributed by atoms with Crippen molar-refractivity contribution < 1.29 is 0 Å². The van der Waals surface area contributed by atoms with Crippen molar-refractivity contribution in [3.63, 3.8) is 0 Å². The van der Waals surface area contributed by atoms with E-state index in [1.54, 1.807) is 11.3 Å². The summed E-state index contributed by atoms with van der Waals surface area (Å²) >= 11 is 1.80. The van der Waals surface area contributed by atoms with E-state index in [-0.39, 0.29) is 0 Å². The van der Waals surface area contributed by atoms with Gasteiger partial charge in [0.1, 0.15) is 5.82 Å². The minimum atomic E-state index is 0.675. The first-order valence-electron chi connectivity index (χ1n) is 21.0. The number of aromatic nitrogens is 6. The first kappa shape index (κ1) is 35.5. The molecule has 0 radical (unpaired) electrons. The Bertz CT molecular complexity index is 3860. The fourth-order valence-corrected chi connectivity index (χ4v) is 10.4. The van der Waals surface area contributed by atoms with E-state index in [4.69, 9.17) is 15.0 Å². The van der Waals surface area contributed by atoms with E-state index in [0.717, 1.165) is 83.5 Å². The van der Waals surface area contributed by atoms with E-state index >= 15 is 0 Å². The number of nitrogens with zero attached hydrogens (tertiary/aromatic N) is 6. The van der Waals surface area contributed by atoms with E-state index in [0.29, 0.717) is 5.82 Å². The molecule has 7 aromatic carbocycles. The van der Waals surface area contributed by atoms with Crippen LogP contribution < -0.4 is 0 Å². The van der Waals surface area contributed by atoms with Gasteiger partial charge in [-0.1, -0.05) is 115 Å². The van der Waals surface area contributed by atoms with Crippen LogP contribution in [0.1, 0.15) is 0 Å². The molecule has 0 N–H and O–H groups in total. The van der Waals surface area contributed by atoms with E-state index in [1.165, 1.54) is 30.9 Å². The smallest absolute Gasteiger partial charge is 0.159 e. The topological polar surface area (TPSA) is 61.4 Å². The number of thiophene rings is 1. The zero-order valence-corrected chi connectivity index (χ0v) is 34.5. The third-order valence-electron chi connectivity index (χ3n) is 12.3. The minimum absolute atomic E-state index is 0.675. The Balaban J connectivity index is 0.937. The first-order chi connectivity index (χ1) is 31.2. The third kappa shape index (κ3) is 5.78. The second kappa shape index (κ2) is 14.2. The van der Waals surface area contributed by atoms with Gasteiger partial charge in [-0.2, -0.15) is 0 Å². The number of para-hydroxylation sites is 2. The molecule has 0 unspecified atom stereocenters. The van der Waals surface area contributed by atoms with Gasteiger partial charge in [-0.05, 0) is 83.9 Å². The highest BCUT2D eigenvalue weighted by Crippen LogP contribution is 2.40. The van der Waals surface area contributed by atoms with Gasteiger partial charge in [0.05, 0.1) is 33.5 Å². The van der Waals surface area contributed by atoms with Crippen LogP contribution in [0.3, 0.4) is 0 Å². The maximum atomic E-state index is 5.32. The molecule has 0 saturated carbocycles. The second-order valence-electron chi connectivity index (χ2n) is 15.9. The van der Waals surface area contributed by atoms with Crippen molar-refractivity contribution in [2.24, 2.45) is 0 Å². The molecule has 0 aliphatic carbocycles. The highest BCUT2D eigenvalue weighted by atomic mass is 32.1. The molecule has 0 saturated heterocycles. The summed E-state index contributed by atoms with van der Waals surface area (Å²) in [6.07, 6.45) is 5.72. The highest BCUT2D eigenvalue weighted by Gasteiger charge is 2.19. The molecule has 0 spiro atoms. The van der Waals surface area contributed by atoms with Crippen molar-refractivity contribution in [2.75, 3.05) is 0 Å². The van der Waals surface area contributed by atoms with E-state index in [2.05, 4.69) is 190 Å². The Morgan fingerprint density at radius 1 is 0.365 bits per heavy atom. The average Bonchev–Trinajstić information content (AvgIpc) is 4.01. The molecule has 0 atom stereocenters. The van der Waals surface area contributed by atoms with Gasteiger partial charge in [0, 0.05) is 82.7 Å². The molecular weight excluding hydrogens is 789 g/mol. The summed E-state index contributed by atoms with van der Waals surface area (Å²) < 4.78 is 7.16. The van der Waals surface area contributed by atoms with E-state index in [1.807, 2.05) is 30.7 Å². The van der Waals surface area contributed by atoms with Gasteiger partial charge in [0.25, 0.3) is 0 Å². The van der Waals surface area contributed by atoms with Crippen LogP contribution in [0, 0.1) is 0 Å². The van der Waals surface area contributed by atoms with Crippen LogP contribution in [0.5, 0.6) is 0 Å². The van der Waals surface area contributed by atoms with Gasteiger partial charge in [0.2, 0.25) is 0 Å². The van der Waals surface area contributed by atoms with Crippen LogP contribution in [0.4, 0.5) is 0 Å². The van der Waals surface area contributed by atoms with Gasteiger partial charge in [0.15, 0.2) is 5.82 Å². The van der Waals surface area contributed by atoms with Gasteiger partial charge in [-0.15, -0.1) is 11.3 Å². The molecule has 294 valence electrons. The Kier molecular flexibility index (Phi) is 7.98. The normalized spacial score (nSPS) is 11.8. The zero-order valence-electron chi connectivity index (χ0n) is 33.7. The number of rotatable bonds is 6. The predicted octanol–water partition coefficient (Wildman–Crippen LogP) is 14.5. The zero-order chi connectivity index (χ0) is 41.4. The Hall–Kier alpha value is -8.26. The van der Waals surface area contributed by atoms with Crippen LogP contribution in [-0.2, 0) is 0 Å². The summed E-state index contributed by atoms with van der Waals surface area (Å²) in [5.74, 6) is 1.54. The maximum absolute atomic E-state index is 5.32. The van der Waals surface area contributed by atoms with Crippen molar-refractivity contribution in [3.8, 4) is 56.5 Å². The molecular formula is C56H34N6S. The fraction of sp³-hybridized carbons (Fsp3) is 0. The maximum Gasteiger partial charge on any atom is 0.159 e. The van der Waals surface area contributed by atoms with E-state index in [9.17, 15) is 0 Å². The Morgan fingerprint density at radius 3 is 1.90 bits per heavy atom. The van der Waals surface area contributed by atoms with Crippen LogP contribution in [0.15, 0.2) is 207 Å². The summed E-state index contributed by atoms with van der Waals surface area (Å²) in [7, 11) is 0. The van der Waals surface area contributed by atoms with Crippen LogP contribution >= 0.6 is 11.3 Å². The van der Waals surface area contributed by atoms with Gasteiger partial charge in [-0.3, -0.25) is 9.55 Å². The largest absolute Gasteiger partial charge is 0.309 e. The summed E-state index contributed by atoms with van der Waals surface area (Å²) in [5, 5.41) is 7.07. The average molecular weight is 823 g/mol. The molecule has 6 heterocycles. The summed E-state index contributed by atoms with van der Waals surface area (Å²) in [5.41, 5.74) is 12.6. The van der Waals surface area contributed by atoms with Crippen LogP contribution in [0.25, 0.3) is 120 Å². The molecule has 0 aliphatic rings. The third-order valence-corrected chi connectivity index (χ3v) is 13.4. The van der Waals surface area contributed by atoms with Gasteiger partial charge < -0.3 is 4.57 Å². The molecule has 63 heavy (non-hydrogen) atoms. The van der Waals surface area contributed by atoms with Crippen molar-refractivity contribution in [1.29, 1.82) is 0 Å². The Labute approximate surface area is 365 Å². The van der Waals surface area contributed by atoms with Crippen molar-refractivity contribution in [3.05, 3.63) is 207 Å². The number of pyridine rings is 2. The number of hydrogen-bond acceptors (Lipinski definition) is 5. The predicted molar refractivity (Wildman–Crippen MR) is 261 cm³/mol. The standard InChI is InChI=1S/C56H34N6S/c1-3-11-35(12-4-1)39-30-48(36-13-5-2-6-14-36)59-55(32-39)62-50-18-10-8-16-42(50)44-29-37(20-23-51(44)62)47-25-28-58-56(60-47)38-19-22-43-41-15-7-9-17-49(41)61(52(43)31-38)40-21-24-53-45(33-40)46-34-57-27-26-54(46)63-53/h1-34H. The number of hydrogen-bond donors (Lipinski definition) is 0. The summed E-state index contributed by atoms with van der Waals surface area (Å²) in [4.78, 5) is 19.9. The summed E-state index contributed by atoms with van der Waals surface area (Å²) in [6, 6.07) is 66.7. The van der Waals surface area contributed by atoms with Gasteiger partial charge in [-0.25, -0.2) is 15.0 Å². The minimum Gasteiger partial charge on any atom is -0.309 e. The van der Waals surface area contributed by atoms with Crippen LogP contribution in [0.2, 0.25) is 0 Å². The lowest BCUT2D eigenvalue weighted by molar-refractivity contribution is 1.08.